The molecule has 2 aliphatic heterocycles. The molecule has 4 atom stereocenters. The number of rotatable bonds is 5. The molecule has 0 spiro atoms. The molecule has 2 amide bonds. The number of aliphatic carboxylic acids is 1. The van der Waals surface area contributed by atoms with Crippen LogP contribution in [0.1, 0.15) is 36.8 Å². The lowest BCUT2D eigenvalue weighted by atomic mass is 9.86. The number of carboxylic acids is 1. The Balaban J connectivity index is 1.19. The molecule has 0 radical (unpaired) electrons. The molecule has 8 heteroatoms. The maximum Gasteiger partial charge on any atom is 0.407 e. The van der Waals surface area contributed by atoms with Crippen LogP contribution >= 0.6 is 0 Å². The van der Waals surface area contributed by atoms with Gasteiger partial charge in [-0.15, -0.1) is 0 Å². The van der Waals surface area contributed by atoms with E-state index in [1.54, 1.807) is 4.90 Å². The first kappa shape index (κ1) is 23.4. The average Bonchev–Trinajstić information content (AvgIpc) is 3.44. The lowest BCUT2D eigenvalue weighted by molar-refractivity contribution is -0.151. The van der Waals surface area contributed by atoms with Crippen molar-refractivity contribution in [3.05, 3.63) is 59.7 Å². The van der Waals surface area contributed by atoms with Gasteiger partial charge in [-0.1, -0.05) is 55.5 Å². The summed E-state index contributed by atoms with van der Waals surface area (Å²) in [5.41, 5.74) is 4.59. The van der Waals surface area contributed by atoms with E-state index in [1.807, 2.05) is 31.2 Å². The molecular formula is C27H30N2O6. The van der Waals surface area contributed by atoms with Crippen molar-refractivity contribution in [3.8, 4) is 11.1 Å². The molecule has 2 aromatic rings. The summed E-state index contributed by atoms with van der Waals surface area (Å²) in [7, 11) is 0. The van der Waals surface area contributed by atoms with Gasteiger partial charge in [0.15, 0.2) is 6.10 Å². The van der Waals surface area contributed by atoms with E-state index in [0.29, 0.717) is 32.5 Å². The topological polar surface area (TPSA) is 105 Å². The second-order valence-corrected chi connectivity index (χ2v) is 9.65. The summed E-state index contributed by atoms with van der Waals surface area (Å²) in [6.07, 6.45) is -0.427. The zero-order valence-electron chi connectivity index (χ0n) is 19.7. The molecule has 2 heterocycles. The van der Waals surface area contributed by atoms with Gasteiger partial charge in [-0.3, -0.25) is 9.59 Å². The molecule has 2 saturated heterocycles. The SMILES string of the molecule is CC1CN(C(=O)[C@@H]2OCC[C@@H]2NC(=O)OCC2c3ccccc3-c3ccccc32)CCC1C(=O)O. The Bertz CT molecular complexity index is 1090. The highest BCUT2D eigenvalue weighted by atomic mass is 16.6. The number of hydrogen-bond acceptors (Lipinski definition) is 5. The minimum atomic E-state index is -0.823. The van der Waals surface area contributed by atoms with Crippen molar-refractivity contribution in [3.63, 3.8) is 0 Å². The van der Waals surface area contributed by atoms with Crippen molar-refractivity contribution >= 4 is 18.0 Å². The van der Waals surface area contributed by atoms with E-state index in [1.165, 1.54) is 0 Å². The van der Waals surface area contributed by atoms with Crippen molar-refractivity contribution in [1.29, 1.82) is 0 Å². The molecule has 3 aliphatic rings. The number of carbonyl (C=O) groups excluding carboxylic acids is 2. The van der Waals surface area contributed by atoms with E-state index in [-0.39, 0.29) is 24.3 Å². The summed E-state index contributed by atoms with van der Waals surface area (Å²) in [5, 5.41) is 12.2. The van der Waals surface area contributed by atoms with E-state index < -0.39 is 30.1 Å². The second-order valence-electron chi connectivity index (χ2n) is 9.65. The monoisotopic (exact) mass is 478 g/mol. The van der Waals surface area contributed by atoms with Crippen LogP contribution in [0.4, 0.5) is 4.79 Å². The summed E-state index contributed by atoms with van der Waals surface area (Å²) in [5.74, 6) is -1.65. The van der Waals surface area contributed by atoms with Gasteiger partial charge in [0.2, 0.25) is 0 Å². The predicted molar refractivity (Wildman–Crippen MR) is 128 cm³/mol. The van der Waals surface area contributed by atoms with Crippen molar-refractivity contribution in [2.75, 3.05) is 26.3 Å². The van der Waals surface area contributed by atoms with Gasteiger partial charge in [0.25, 0.3) is 5.91 Å². The number of amides is 2. The van der Waals surface area contributed by atoms with Crippen molar-refractivity contribution in [1.82, 2.24) is 10.2 Å². The quantitative estimate of drug-likeness (QED) is 0.684. The zero-order chi connectivity index (χ0) is 24.5. The molecule has 5 rings (SSSR count). The first-order valence-corrected chi connectivity index (χ1v) is 12.2. The third-order valence-electron chi connectivity index (χ3n) is 7.52. The number of ether oxygens (including phenoxy) is 2. The van der Waals surface area contributed by atoms with Gasteiger partial charge in [-0.2, -0.15) is 0 Å². The van der Waals surface area contributed by atoms with E-state index in [0.717, 1.165) is 22.3 Å². The minimum Gasteiger partial charge on any atom is -0.481 e. The van der Waals surface area contributed by atoms with Crippen LogP contribution in [0.15, 0.2) is 48.5 Å². The Hall–Kier alpha value is -3.39. The maximum absolute atomic E-state index is 13.1. The van der Waals surface area contributed by atoms with Gasteiger partial charge in [0.1, 0.15) is 6.61 Å². The largest absolute Gasteiger partial charge is 0.481 e. The molecule has 2 unspecified atom stereocenters. The molecule has 1 aliphatic carbocycles. The number of likely N-dealkylation sites (tertiary alicyclic amines) is 1. The lowest BCUT2D eigenvalue weighted by Crippen LogP contribution is -2.53. The Kier molecular flexibility index (Phi) is 6.47. The van der Waals surface area contributed by atoms with Crippen LogP contribution in [-0.2, 0) is 19.1 Å². The van der Waals surface area contributed by atoms with E-state index in [2.05, 4.69) is 29.6 Å². The van der Waals surface area contributed by atoms with Crippen LogP contribution in [0.5, 0.6) is 0 Å². The lowest BCUT2D eigenvalue weighted by Gasteiger charge is -2.36. The summed E-state index contributed by atoms with van der Waals surface area (Å²) >= 11 is 0. The van der Waals surface area contributed by atoms with E-state index in [9.17, 15) is 19.5 Å². The summed E-state index contributed by atoms with van der Waals surface area (Å²) < 4.78 is 11.3. The predicted octanol–water partition coefficient (Wildman–Crippen LogP) is 3.25. The van der Waals surface area contributed by atoms with E-state index in [4.69, 9.17) is 9.47 Å². The average molecular weight is 479 g/mol. The molecule has 0 aromatic heterocycles. The number of alkyl carbamates (subject to hydrolysis) is 1. The van der Waals surface area contributed by atoms with Crippen LogP contribution in [0.3, 0.4) is 0 Å². The first-order valence-electron chi connectivity index (χ1n) is 12.2. The van der Waals surface area contributed by atoms with Gasteiger partial charge in [-0.25, -0.2) is 4.79 Å². The van der Waals surface area contributed by atoms with Crippen LogP contribution in [0, 0.1) is 11.8 Å². The molecule has 8 nitrogen and oxygen atoms in total. The third-order valence-corrected chi connectivity index (χ3v) is 7.52. The number of carboxylic acid groups (broad SMARTS) is 1. The fraction of sp³-hybridized carbons (Fsp3) is 0.444. The Morgan fingerprint density at radius 1 is 1.06 bits per heavy atom. The van der Waals surface area contributed by atoms with Gasteiger partial charge in [0.05, 0.1) is 12.0 Å². The van der Waals surface area contributed by atoms with Gasteiger partial charge in [-0.05, 0) is 41.0 Å². The fourth-order valence-electron chi connectivity index (χ4n) is 5.66. The van der Waals surface area contributed by atoms with Gasteiger partial charge >= 0.3 is 12.1 Å². The normalized spacial score (nSPS) is 25.6. The highest BCUT2D eigenvalue weighted by Gasteiger charge is 2.41. The number of nitrogens with zero attached hydrogens (tertiary/aromatic N) is 1. The highest BCUT2D eigenvalue weighted by molar-refractivity contribution is 5.83. The Morgan fingerprint density at radius 2 is 1.71 bits per heavy atom. The van der Waals surface area contributed by atoms with Crippen LogP contribution in [-0.4, -0.2) is 66.4 Å². The Morgan fingerprint density at radius 3 is 2.34 bits per heavy atom. The van der Waals surface area contributed by atoms with Crippen LogP contribution in [0.25, 0.3) is 11.1 Å². The first-order chi connectivity index (χ1) is 16.9. The number of nitrogens with one attached hydrogen (secondary N) is 1. The summed E-state index contributed by atoms with van der Waals surface area (Å²) in [4.78, 5) is 38.9. The van der Waals surface area contributed by atoms with Gasteiger partial charge in [0, 0.05) is 25.6 Å². The fourth-order valence-corrected chi connectivity index (χ4v) is 5.66. The zero-order valence-corrected chi connectivity index (χ0v) is 19.7. The molecular weight excluding hydrogens is 448 g/mol. The third kappa shape index (κ3) is 4.50. The molecule has 2 N–H and O–H groups in total. The number of fused-ring (bicyclic) bond motifs is 3. The number of piperidine rings is 1. The number of hydrogen-bond donors (Lipinski definition) is 2. The van der Waals surface area contributed by atoms with E-state index >= 15 is 0 Å². The van der Waals surface area contributed by atoms with Crippen molar-refractivity contribution < 1.29 is 29.0 Å². The smallest absolute Gasteiger partial charge is 0.407 e. The summed E-state index contributed by atoms with van der Waals surface area (Å²) in [6, 6.07) is 15.8. The van der Waals surface area contributed by atoms with Crippen LogP contribution < -0.4 is 5.32 Å². The number of benzene rings is 2. The molecule has 0 saturated carbocycles. The standard InChI is InChI=1S/C27H30N2O6/c1-16-14-29(12-10-17(16)26(31)32)25(30)24-23(11-13-34-24)28-27(33)35-15-22-20-8-4-2-6-18(20)19-7-3-5-9-21(19)22/h2-9,16-17,22-24H,10-15H2,1H3,(H,28,33)(H,31,32)/t16?,17?,23-,24+/m0/s1. The Labute approximate surface area is 204 Å². The highest BCUT2D eigenvalue weighted by Crippen LogP contribution is 2.44. The molecule has 184 valence electrons. The van der Waals surface area contributed by atoms with Crippen molar-refractivity contribution in [2.45, 2.75) is 37.8 Å². The van der Waals surface area contributed by atoms with Crippen molar-refractivity contribution in [2.24, 2.45) is 11.8 Å². The maximum atomic E-state index is 13.1. The van der Waals surface area contributed by atoms with Crippen LogP contribution in [0.2, 0.25) is 0 Å². The second kappa shape index (κ2) is 9.70. The number of carbonyl (C=O) groups is 3. The molecule has 35 heavy (non-hydrogen) atoms. The molecule has 2 fully saturated rings. The molecule has 0 bridgehead atoms. The molecule has 2 aromatic carbocycles. The summed E-state index contributed by atoms with van der Waals surface area (Å²) in [6.45, 7) is 3.16. The van der Waals surface area contributed by atoms with Gasteiger partial charge < -0.3 is 24.8 Å². The minimum absolute atomic E-state index is 0.0394.